The maximum absolute atomic E-state index is 13.5. The van der Waals surface area contributed by atoms with Crippen LogP contribution in [0.4, 0.5) is 18.9 Å². The Morgan fingerprint density at radius 1 is 1.11 bits per heavy atom. The molecule has 0 radical (unpaired) electrons. The molecular formula is C13H7ClF3NO. The van der Waals surface area contributed by atoms with Crippen LogP contribution in [-0.2, 0) is 0 Å². The van der Waals surface area contributed by atoms with Gasteiger partial charge in [-0.3, -0.25) is 4.79 Å². The molecule has 2 N–H and O–H groups in total. The first kappa shape index (κ1) is 13.4. The first-order chi connectivity index (χ1) is 8.91. The van der Waals surface area contributed by atoms with Crippen LogP contribution in [0.2, 0.25) is 5.02 Å². The molecule has 0 heterocycles. The number of nitrogen functional groups attached to an aromatic ring is 1. The molecule has 19 heavy (non-hydrogen) atoms. The highest BCUT2D eigenvalue weighted by Gasteiger charge is 2.22. The molecule has 2 aromatic carbocycles. The molecule has 0 aliphatic carbocycles. The molecule has 0 atom stereocenters. The maximum Gasteiger partial charge on any atom is 0.201 e. The van der Waals surface area contributed by atoms with Crippen molar-refractivity contribution >= 4 is 23.1 Å². The lowest BCUT2D eigenvalue weighted by Crippen LogP contribution is -2.10. The molecule has 0 saturated heterocycles. The van der Waals surface area contributed by atoms with Gasteiger partial charge >= 0.3 is 0 Å². The summed E-state index contributed by atoms with van der Waals surface area (Å²) in [4.78, 5) is 12.0. The molecule has 2 aromatic rings. The predicted molar refractivity (Wildman–Crippen MR) is 65.6 cm³/mol. The quantitative estimate of drug-likeness (QED) is 0.677. The summed E-state index contributed by atoms with van der Waals surface area (Å²) in [5, 5.41) is 0.0915. The Hall–Kier alpha value is -2.01. The van der Waals surface area contributed by atoms with E-state index in [0.717, 1.165) is 0 Å². The lowest BCUT2D eigenvalue weighted by atomic mass is 10.0. The van der Waals surface area contributed by atoms with Gasteiger partial charge in [0.2, 0.25) is 5.78 Å². The van der Waals surface area contributed by atoms with Crippen molar-refractivity contribution in [1.29, 1.82) is 0 Å². The summed E-state index contributed by atoms with van der Waals surface area (Å²) < 4.78 is 39.8. The van der Waals surface area contributed by atoms with Gasteiger partial charge in [0.05, 0.1) is 16.3 Å². The van der Waals surface area contributed by atoms with Crippen LogP contribution in [-0.4, -0.2) is 5.78 Å². The largest absolute Gasteiger partial charge is 0.397 e. The number of hydrogen-bond acceptors (Lipinski definition) is 2. The average Bonchev–Trinajstić information content (AvgIpc) is 2.31. The lowest BCUT2D eigenvalue weighted by molar-refractivity contribution is 0.103. The standard InChI is InChI=1S/C13H7ClF3NO/c14-8-3-1-2-7(12(8)18)13(19)11-9(16)4-6(15)5-10(11)17/h1-5H,18H2. The first-order valence-corrected chi connectivity index (χ1v) is 5.53. The van der Waals surface area contributed by atoms with Gasteiger partial charge in [0.25, 0.3) is 0 Å². The topological polar surface area (TPSA) is 43.1 Å². The zero-order valence-corrected chi connectivity index (χ0v) is 10.1. The number of anilines is 1. The van der Waals surface area contributed by atoms with E-state index in [0.29, 0.717) is 12.1 Å². The fraction of sp³-hybridized carbons (Fsp3) is 0. The number of halogens is 4. The Bertz CT molecular complexity index is 650. The Balaban J connectivity index is 2.60. The van der Waals surface area contributed by atoms with Gasteiger partial charge in [-0.05, 0) is 12.1 Å². The van der Waals surface area contributed by atoms with E-state index in [1.807, 2.05) is 0 Å². The minimum atomic E-state index is -1.29. The minimum absolute atomic E-state index is 0.0858. The molecule has 98 valence electrons. The van der Waals surface area contributed by atoms with Crippen LogP contribution in [0.15, 0.2) is 30.3 Å². The smallest absolute Gasteiger partial charge is 0.201 e. The highest BCUT2D eigenvalue weighted by molar-refractivity contribution is 6.34. The third-order valence-corrected chi connectivity index (χ3v) is 2.86. The summed E-state index contributed by atoms with van der Waals surface area (Å²) >= 11 is 5.73. The van der Waals surface area contributed by atoms with E-state index in [4.69, 9.17) is 17.3 Å². The van der Waals surface area contributed by atoms with Gasteiger partial charge in [0.15, 0.2) is 0 Å². The van der Waals surface area contributed by atoms with Gasteiger partial charge in [-0.25, -0.2) is 13.2 Å². The van der Waals surface area contributed by atoms with E-state index in [1.54, 1.807) is 0 Å². The SMILES string of the molecule is Nc1c(Cl)cccc1C(=O)c1c(F)cc(F)cc1F. The van der Waals surface area contributed by atoms with Crippen LogP contribution in [0.1, 0.15) is 15.9 Å². The van der Waals surface area contributed by atoms with Gasteiger partial charge in [-0.15, -0.1) is 0 Å². The van der Waals surface area contributed by atoms with E-state index in [-0.39, 0.29) is 16.3 Å². The van der Waals surface area contributed by atoms with Crippen molar-refractivity contribution in [3.05, 3.63) is 63.9 Å². The highest BCUT2D eigenvalue weighted by Crippen LogP contribution is 2.26. The van der Waals surface area contributed by atoms with Crippen LogP contribution in [0.5, 0.6) is 0 Å². The van der Waals surface area contributed by atoms with Gasteiger partial charge in [-0.2, -0.15) is 0 Å². The van der Waals surface area contributed by atoms with Gasteiger partial charge in [-0.1, -0.05) is 17.7 Å². The average molecular weight is 286 g/mol. The van der Waals surface area contributed by atoms with E-state index < -0.39 is 28.8 Å². The maximum atomic E-state index is 13.5. The molecule has 2 nitrogen and oxygen atoms in total. The van der Waals surface area contributed by atoms with Crippen molar-refractivity contribution in [2.75, 3.05) is 5.73 Å². The van der Waals surface area contributed by atoms with Crippen molar-refractivity contribution in [1.82, 2.24) is 0 Å². The Morgan fingerprint density at radius 3 is 2.26 bits per heavy atom. The van der Waals surface area contributed by atoms with Gasteiger partial charge in [0, 0.05) is 17.7 Å². The van der Waals surface area contributed by atoms with Crippen LogP contribution < -0.4 is 5.73 Å². The predicted octanol–water partition coefficient (Wildman–Crippen LogP) is 3.57. The number of hydrogen-bond donors (Lipinski definition) is 1. The fourth-order valence-corrected chi connectivity index (χ4v) is 1.80. The molecule has 2 rings (SSSR count). The minimum Gasteiger partial charge on any atom is -0.397 e. The second-order valence-corrected chi connectivity index (χ2v) is 4.18. The first-order valence-electron chi connectivity index (χ1n) is 5.15. The molecule has 0 saturated carbocycles. The third-order valence-electron chi connectivity index (χ3n) is 2.53. The summed E-state index contributed by atoms with van der Waals surface area (Å²) in [6.45, 7) is 0. The number of para-hydroxylation sites is 1. The number of ketones is 1. The van der Waals surface area contributed by atoms with Crippen molar-refractivity contribution < 1.29 is 18.0 Å². The van der Waals surface area contributed by atoms with Crippen LogP contribution in [0, 0.1) is 17.5 Å². The van der Waals surface area contributed by atoms with Crippen molar-refractivity contribution in [3.8, 4) is 0 Å². The molecule has 0 bridgehead atoms. The van der Waals surface area contributed by atoms with E-state index in [9.17, 15) is 18.0 Å². The number of carbonyl (C=O) groups is 1. The zero-order chi connectivity index (χ0) is 14.2. The second-order valence-electron chi connectivity index (χ2n) is 3.77. The highest BCUT2D eigenvalue weighted by atomic mass is 35.5. The summed E-state index contributed by atoms with van der Waals surface area (Å²) in [7, 11) is 0. The van der Waals surface area contributed by atoms with E-state index in [1.165, 1.54) is 18.2 Å². The molecule has 0 spiro atoms. The molecule has 0 aromatic heterocycles. The van der Waals surface area contributed by atoms with E-state index in [2.05, 4.69) is 0 Å². The van der Waals surface area contributed by atoms with Crippen LogP contribution in [0.3, 0.4) is 0 Å². The molecule has 0 aliphatic heterocycles. The number of rotatable bonds is 2. The number of benzene rings is 2. The normalized spacial score (nSPS) is 10.5. The fourth-order valence-electron chi connectivity index (χ4n) is 1.63. The Morgan fingerprint density at radius 2 is 1.68 bits per heavy atom. The molecule has 0 unspecified atom stereocenters. The Kier molecular flexibility index (Phi) is 3.48. The van der Waals surface area contributed by atoms with Crippen LogP contribution in [0.25, 0.3) is 0 Å². The van der Waals surface area contributed by atoms with Crippen molar-refractivity contribution in [2.24, 2.45) is 0 Å². The summed E-state index contributed by atoms with van der Waals surface area (Å²) in [6, 6.07) is 5.00. The molecular weight excluding hydrogens is 279 g/mol. The molecule has 0 aliphatic rings. The monoisotopic (exact) mass is 285 g/mol. The van der Waals surface area contributed by atoms with Gasteiger partial charge in [0.1, 0.15) is 17.5 Å². The number of nitrogens with two attached hydrogens (primary N) is 1. The summed E-state index contributed by atoms with van der Waals surface area (Å²) in [6.07, 6.45) is 0. The number of carbonyl (C=O) groups excluding carboxylic acids is 1. The van der Waals surface area contributed by atoms with Gasteiger partial charge < -0.3 is 5.73 Å². The second kappa shape index (κ2) is 4.93. The van der Waals surface area contributed by atoms with Crippen molar-refractivity contribution in [3.63, 3.8) is 0 Å². The lowest BCUT2D eigenvalue weighted by Gasteiger charge is -2.08. The molecule has 0 fully saturated rings. The summed E-state index contributed by atoms with van der Waals surface area (Å²) in [5.41, 5.74) is 4.49. The third kappa shape index (κ3) is 2.42. The van der Waals surface area contributed by atoms with E-state index >= 15 is 0 Å². The zero-order valence-electron chi connectivity index (χ0n) is 9.38. The summed E-state index contributed by atoms with van der Waals surface area (Å²) in [5.74, 6) is -4.68. The van der Waals surface area contributed by atoms with Crippen LogP contribution >= 0.6 is 11.6 Å². The van der Waals surface area contributed by atoms with Crippen molar-refractivity contribution in [2.45, 2.75) is 0 Å². The Labute approximate surface area is 111 Å². The molecule has 6 heteroatoms. The molecule has 0 amide bonds.